The van der Waals surface area contributed by atoms with E-state index in [0.29, 0.717) is 16.6 Å². The molecule has 0 spiro atoms. The lowest BCUT2D eigenvalue weighted by atomic mass is 9.94. The predicted octanol–water partition coefficient (Wildman–Crippen LogP) is 8.44. The van der Waals surface area contributed by atoms with Crippen molar-refractivity contribution < 1.29 is 13.2 Å². The first-order chi connectivity index (χ1) is 17.7. The summed E-state index contributed by atoms with van der Waals surface area (Å²) >= 11 is 13.4. The number of fused-ring (bicyclic) bond motifs is 1. The molecule has 0 saturated carbocycles. The number of thiophene rings is 1. The van der Waals surface area contributed by atoms with Gasteiger partial charge in [0, 0.05) is 28.7 Å². The maximum absolute atomic E-state index is 13.1. The first-order valence-corrected chi connectivity index (χ1v) is 13.5. The Labute approximate surface area is 228 Å². The quantitative estimate of drug-likeness (QED) is 0.233. The molecule has 5 rings (SSSR count). The third-order valence-electron chi connectivity index (χ3n) is 6.61. The molecule has 190 valence electrons. The van der Waals surface area contributed by atoms with E-state index in [2.05, 4.69) is 28.8 Å². The van der Waals surface area contributed by atoms with Gasteiger partial charge in [-0.15, -0.1) is 11.3 Å². The minimum atomic E-state index is -4.37. The SMILES string of the molecule is Cc1cccc(C(=S)Nc2ccc3c(c2)C[C@@H](NCc2ccc(Cl)s2)C3)c1-c1ccc(C(F)(F)F)cc1. The largest absolute Gasteiger partial charge is 0.416 e. The van der Waals surface area contributed by atoms with Gasteiger partial charge < -0.3 is 10.6 Å². The Kier molecular flexibility index (Phi) is 7.41. The molecule has 3 aromatic carbocycles. The van der Waals surface area contributed by atoms with Gasteiger partial charge in [-0.2, -0.15) is 13.2 Å². The number of nitrogens with one attached hydrogen (secondary N) is 2. The van der Waals surface area contributed by atoms with Crippen LogP contribution in [0.15, 0.2) is 72.8 Å². The molecular weight excluding hydrogens is 533 g/mol. The lowest BCUT2D eigenvalue weighted by molar-refractivity contribution is -0.137. The molecule has 1 aliphatic carbocycles. The van der Waals surface area contributed by atoms with E-state index in [4.69, 9.17) is 23.8 Å². The average molecular weight is 557 g/mol. The van der Waals surface area contributed by atoms with Crippen LogP contribution in [-0.2, 0) is 25.6 Å². The van der Waals surface area contributed by atoms with Gasteiger partial charge in [0.1, 0.15) is 4.99 Å². The average Bonchev–Trinajstić information content (AvgIpc) is 3.47. The van der Waals surface area contributed by atoms with Gasteiger partial charge in [0.05, 0.1) is 9.90 Å². The van der Waals surface area contributed by atoms with Crippen LogP contribution in [0.2, 0.25) is 4.34 Å². The highest BCUT2D eigenvalue weighted by molar-refractivity contribution is 7.81. The number of anilines is 1. The van der Waals surface area contributed by atoms with Crippen molar-refractivity contribution >= 4 is 45.8 Å². The fourth-order valence-electron chi connectivity index (χ4n) is 4.80. The molecule has 1 heterocycles. The van der Waals surface area contributed by atoms with Crippen molar-refractivity contribution in [3.8, 4) is 11.1 Å². The monoisotopic (exact) mass is 556 g/mol. The first kappa shape index (κ1) is 25.9. The molecular formula is C29H24ClF3N2S2. The van der Waals surface area contributed by atoms with E-state index in [1.807, 2.05) is 37.3 Å². The van der Waals surface area contributed by atoms with E-state index in [9.17, 15) is 13.2 Å². The van der Waals surface area contributed by atoms with Gasteiger partial charge in [-0.25, -0.2) is 0 Å². The van der Waals surface area contributed by atoms with Crippen LogP contribution in [0.25, 0.3) is 11.1 Å². The minimum Gasteiger partial charge on any atom is -0.346 e. The molecule has 2 N–H and O–H groups in total. The standard InChI is InChI=1S/C29H24ClF3N2S2/c1-17-3-2-4-25(27(17)18-5-8-21(9-6-18)29(31,32)33)28(36)35-22-10-7-19-13-23(15-20(19)14-22)34-16-24-11-12-26(30)37-24/h2-12,14,23,34H,13,15-16H2,1H3,(H,35,36)/t23-/m0/s1. The summed E-state index contributed by atoms with van der Waals surface area (Å²) in [7, 11) is 0. The van der Waals surface area contributed by atoms with Gasteiger partial charge in [0.15, 0.2) is 0 Å². The smallest absolute Gasteiger partial charge is 0.346 e. The van der Waals surface area contributed by atoms with Crippen LogP contribution in [0.1, 0.15) is 32.7 Å². The zero-order valence-electron chi connectivity index (χ0n) is 20.0. The molecule has 0 fully saturated rings. The zero-order chi connectivity index (χ0) is 26.2. The van der Waals surface area contributed by atoms with Crippen molar-refractivity contribution in [3.05, 3.63) is 110 Å². The normalized spacial score (nSPS) is 15.0. The molecule has 1 atom stereocenters. The summed E-state index contributed by atoms with van der Waals surface area (Å²) in [6.07, 6.45) is -2.48. The van der Waals surface area contributed by atoms with Gasteiger partial charge in [0.2, 0.25) is 0 Å². The van der Waals surface area contributed by atoms with Gasteiger partial charge in [-0.3, -0.25) is 0 Å². The summed E-state index contributed by atoms with van der Waals surface area (Å²) in [5, 5.41) is 6.98. The second kappa shape index (κ2) is 10.6. The lowest BCUT2D eigenvalue weighted by Gasteiger charge is -2.16. The van der Waals surface area contributed by atoms with Crippen molar-refractivity contribution in [1.82, 2.24) is 5.32 Å². The summed E-state index contributed by atoms with van der Waals surface area (Å²) in [5.41, 5.74) is 6.07. The number of thiocarbonyl (C=S) groups is 1. The summed E-state index contributed by atoms with van der Waals surface area (Å²) in [5.74, 6) is 0. The molecule has 0 bridgehead atoms. The minimum absolute atomic E-state index is 0.362. The number of rotatable bonds is 6. The Morgan fingerprint density at radius 2 is 1.76 bits per heavy atom. The van der Waals surface area contributed by atoms with E-state index < -0.39 is 11.7 Å². The molecule has 37 heavy (non-hydrogen) atoms. The van der Waals surface area contributed by atoms with Gasteiger partial charge in [0.25, 0.3) is 0 Å². The Morgan fingerprint density at radius 3 is 2.46 bits per heavy atom. The molecule has 1 aromatic heterocycles. The Balaban J connectivity index is 1.30. The Morgan fingerprint density at radius 1 is 1.00 bits per heavy atom. The van der Waals surface area contributed by atoms with E-state index in [1.165, 1.54) is 28.1 Å². The Bertz CT molecular complexity index is 1440. The van der Waals surface area contributed by atoms with Crippen LogP contribution in [0.3, 0.4) is 0 Å². The van der Waals surface area contributed by atoms with Gasteiger partial charge in [-0.1, -0.05) is 60.2 Å². The van der Waals surface area contributed by atoms with Crippen molar-refractivity contribution in [2.45, 2.75) is 38.5 Å². The third-order valence-corrected chi connectivity index (χ3v) is 8.16. The summed E-state index contributed by atoms with van der Waals surface area (Å²) in [4.78, 5) is 1.75. The summed E-state index contributed by atoms with van der Waals surface area (Å²) in [6, 6.07) is 21.6. The number of alkyl halides is 3. The highest BCUT2D eigenvalue weighted by Crippen LogP contribution is 2.34. The predicted molar refractivity (Wildman–Crippen MR) is 151 cm³/mol. The topological polar surface area (TPSA) is 24.1 Å². The Hall–Kier alpha value is -2.71. The molecule has 0 aliphatic heterocycles. The van der Waals surface area contributed by atoms with Crippen LogP contribution in [0, 0.1) is 6.92 Å². The molecule has 8 heteroatoms. The highest BCUT2D eigenvalue weighted by Gasteiger charge is 2.30. The van der Waals surface area contributed by atoms with Crippen LogP contribution >= 0.6 is 35.2 Å². The first-order valence-electron chi connectivity index (χ1n) is 11.9. The molecule has 0 radical (unpaired) electrons. The van der Waals surface area contributed by atoms with E-state index >= 15 is 0 Å². The number of aryl methyl sites for hydroxylation is 1. The van der Waals surface area contributed by atoms with E-state index in [0.717, 1.165) is 58.2 Å². The van der Waals surface area contributed by atoms with Crippen LogP contribution in [0.5, 0.6) is 0 Å². The fraction of sp³-hybridized carbons (Fsp3) is 0.207. The van der Waals surface area contributed by atoms with Crippen molar-refractivity contribution in [1.29, 1.82) is 0 Å². The number of benzene rings is 3. The van der Waals surface area contributed by atoms with Crippen molar-refractivity contribution in [2.24, 2.45) is 0 Å². The maximum atomic E-state index is 13.1. The maximum Gasteiger partial charge on any atom is 0.416 e. The fourth-order valence-corrected chi connectivity index (χ4v) is 6.12. The number of halogens is 4. The molecule has 0 unspecified atom stereocenters. The second-order valence-corrected chi connectivity index (χ2v) is 11.4. The van der Waals surface area contributed by atoms with Crippen molar-refractivity contribution in [3.63, 3.8) is 0 Å². The molecule has 0 amide bonds. The zero-order valence-corrected chi connectivity index (χ0v) is 22.3. The lowest BCUT2D eigenvalue weighted by Crippen LogP contribution is -2.28. The molecule has 2 nitrogen and oxygen atoms in total. The van der Waals surface area contributed by atoms with Crippen LogP contribution < -0.4 is 10.6 Å². The van der Waals surface area contributed by atoms with Crippen LogP contribution in [0.4, 0.5) is 18.9 Å². The second-order valence-electron chi connectivity index (χ2n) is 9.20. The molecule has 0 saturated heterocycles. The summed E-state index contributed by atoms with van der Waals surface area (Å²) < 4.78 is 40.0. The molecule has 1 aliphatic rings. The van der Waals surface area contributed by atoms with Crippen molar-refractivity contribution in [2.75, 3.05) is 5.32 Å². The van der Waals surface area contributed by atoms with Gasteiger partial charge in [-0.05, 0) is 84.0 Å². The van der Waals surface area contributed by atoms with E-state index in [1.54, 1.807) is 11.3 Å². The third kappa shape index (κ3) is 5.91. The highest BCUT2D eigenvalue weighted by atomic mass is 35.5. The number of hydrogen-bond acceptors (Lipinski definition) is 3. The van der Waals surface area contributed by atoms with E-state index in [-0.39, 0.29) is 0 Å². The van der Waals surface area contributed by atoms with Gasteiger partial charge >= 0.3 is 6.18 Å². The number of hydrogen-bond donors (Lipinski definition) is 2. The van der Waals surface area contributed by atoms with Crippen LogP contribution in [-0.4, -0.2) is 11.0 Å². The molecule has 4 aromatic rings. The summed E-state index contributed by atoms with van der Waals surface area (Å²) in [6.45, 7) is 2.73.